The molecule has 0 saturated carbocycles. The quantitative estimate of drug-likeness (QED) is 0.269. The summed E-state index contributed by atoms with van der Waals surface area (Å²) in [7, 11) is 3.30. The van der Waals surface area contributed by atoms with Gasteiger partial charge in [0.1, 0.15) is 11.6 Å². The van der Waals surface area contributed by atoms with Gasteiger partial charge in [0.15, 0.2) is 11.5 Å². The summed E-state index contributed by atoms with van der Waals surface area (Å²) in [5.74, 6) is 3.32. The van der Waals surface area contributed by atoms with E-state index in [1.54, 1.807) is 14.2 Å². The van der Waals surface area contributed by atoms with Crippen molar-refractivity contribution in [1.29, 1.82) is 0 Å². The van der Waals surface area contributed by atoms with Gasteiger partial charge < -0.3 is 18.8 Å². The Morgan fingerprint density at radius 3 is 2.36 bits per heavy atom. The van der Waals surface area contributed by atoms with E-state index in [2.05, 4.69) is 28.8 Å². The highest BCUT2D eigenvalue weighted by Gasteiger charge is 2.13. The standard InChI is InChI=1S/C27H29ClN2O3/c1-18-14-21(15-19(2)27(18)28)33-13-7-12-30-23-9-6-5-8-22(23)29-26(30)17-20-10-11-24(31-3)25(16-20)32-4/h5-6,8-11,14-16H,7,12-13,17H2,1-4H3. The molecule has 4 aromatic rings. The van der Waals surface area contributed by atoms with Crippen molar-refractivity contribution in [2.24, 2.45) is 0 Å². The van der Waals surface area contributed by atoms with E-state index < -0.39 is 0 Å². The lowest BCUT2D eigenvalue weighted by atomic mass is 10.1. The number of hydrogen-bond acceptors (Lipinski definition) is 4. The largest absolute Gasteiger partial charge is 0.494 e. The molecule has 0 unspecified atom stereocenters. The summed E-state index contributed by atoms with van der Waals surface area (Å²) in [4.78, 5) is 4.91. The molecule has 4 rings (SSSR count). The third-order valence-electron chi connectivity index (χ3n) is 5.75. The number of hydrogen-bond donors (Lipinski definition) is 0. The van der Waals surface area contributed by atoms with E-state index in [1.807, 2.05) is 44.2 Å². The van der Waals surface area contributed by atoms with E-state index >= 15 is 0 Å². The van der Waals surface area contributed by atoms with Gasteiger partial charge in [-0.1, -0.05) is 29.8 Å². The Bertz CT molecular complexity index is 1240. The van der Waals surface area contributed by atoms with Gasteiger partial charge in [0.05, 0.1) is 31.9 Å². The first-order valence-corrected chi connectivity index (χ1v) is 11.4. The Labute approximate surface area is 199 Å². The third-order valence-corrected chi connectivity index (χ3v) is 6.34. The average Bonchev–Trinajstić information content (AvgIpc) is 3.16. The first-order valence-electron chi connectivity index (χ1n) is 11.0. The van der Waals surface area contributed by atoms with Gasteiger partial charge in [-0.15, -0.1) is 0 Å². The van der Waals surface area contributed by atoms with Gasteiger partial charge >= 0.3 is 0 Å². The Morgan fingerprint density at radius 1 is 0.909 bits per heavy atom. The molecule has 5 nitrogen and oxygen atoms in total. The van der Waals surface area contributed by atoms with E-state index in [4.69, 9.17) is 30.8 Å². The normalized spacial score (nSPS) is 11.1. The number of imidazole rings is 1. The average molecular weight is 465 g/mol. The van der Waals surface area contributed by atoms with Crippen LogP contribution in [-0.4, -0.2) is 30.4 Å². The minimum absolute atomic E-state index is 0.614. The summed E-state index contributed by atoms with van der Waals surface area (Å²) in [5, 5.41) is 0.798. The van der Waals surface area contributed by atoms with Crippen LogP contribution in [0.25, 0.3) is 11.0 Å². The number of methoxy groups -OCH3 is 2. The van der Waals surface area contributed by atoms with Crippen LogP contribution in [0.5, 0.6) is 17.2 Å². The molecular formula is C27H29ClN2O3. The molecule has 0 aliphatic carbocycles. The molecule has 0 spiro atoms. The second-order valence-electron chi connectivity index (χ2n) is 8.11. The van der Waals surface area contributed by atoms with Crippen molar-refractivity contribution in [2.75, 3.05) is 20.8 Å². The summed E-state index contributed by atoms with van der Waals surface area (Å²) in [6.07, 6.45) is 1.56. The van der Waals surface area contributed by atoms with Crippen molar-refractivity contribution in [2.45, 2.75) is 33.2 Å². The number of ether oxygens (including phenoxy) is 3. The maximum absolute atomic E-state index is 6.27. The zero-order valence-corrected chi connectivity index (χ0v) is 20.3. The molecule has 0 radical (unpaired) electrons. The van der Waals surface area contributed by atoms with Crippen LogP contribution >= 0.6 is 11.6 Å². The highest BCUT2D eigenvalue weighted by Crippen LogP contribution is 2.29. The number of halogens is 1. The third kappa shape index (κ3) is 5.09. The lowest BCUT2D eigenvalue weighted by Gasteiger charge is -2.13. The molecule has 33 heavy (non-hydrogen) atoms. The zero-order chi connectivity index (χ0) is 23.4. The summed E-state index contributed by atoms with van der Waals surface area (Å²) in [6.45, 7) is 5.43. The number of benzene rings is 3. The Morgan fingerprint density at radius 2 is 1.64 bits per heavy atom. The van der Waals surface area contributed by atoms with Crippen LogP contribution in [0.2, 0.25) is 5.02 Å². The van der Waals surface area contributed by atoms with E-state index in [-0.39, 0.29) is 0 Å². The van der Waals surface area contributed by atoms with E-state index in [9.17, 15) is 0 Å². The molecule has 6 heteroatoms. The molecule has 0 amide bonds. The molecule has 3 aromatic carbocycles. The van der Waals surface area contributed by atoms with Crippen LogP contribution in [0.4, 0.5) is 0 Å². The van der Waals surface area contributed by atoms with Gasteiger partial charge in [0.2, 0.25) is 0 Å². The summed E-state index contributed by atoms with van der Waals surface area (Å²) in [5.41, 5.74) is 5.31. The Kier molecular flexibility index (Phi) is 7.09. The highest BCUT2D eigenvalue weighted by molar-refractivity contribution is 6.32. The molecule has 0 fully saturated rings. The van der Waals surface area contributed by atoms with Gasteiger partial charge in [0, 0.05) is 18.0 Å². The molecule has 0 saturated heterocycles. The van der Waals surface area contributed by atoms with Crippen LogP contribution < -0.4 is 14.2 Å². The molecule has 0 bridgehead atoms. The molecule has 1 aromatic heterocycles. The van der Waals surface area contributed by atoms with Gasteiger partial charge in [0.25, 0.3) is 0 Å². The number of nitrogens with zero attached hydrogens (tertiary/aromatic N) is 2. The van der Waals surface area contributed by atoms with Crippen LogP contribution in [0.1, 0.15) is 28.9 Å². The van der Waals surface area contributed by atoms with Gasteiger partial charge in [-0.25, -0.2) is 4.98 Å². The van der Waals surface area contributed by atoms with Crippen molar-refractivity contribution in [3.63, 3.8) is 0 Å². The van der Waals surface area contributed by atoms with Gasteiger partial charge in [-0.3, -0.25) is 0 Å². The Balaban J connectivity index is 1.51. The first kappa shape index (κ1) is 23.0. The molecule has 1 heterocycles. The number of rotatable bonds is 9. The van der Waals surface area contributed by atoms with Crippen LogP contribution in [0.3, 0.4) is 0 Å². The monoisotopic (exact) mass is 464 g/mol. The van der Waals surface area contributed by atoms with Crippen molar-refractivity contribution >= 4 is 22.6 Å². The molecule has 0 aliphatic heterocycles. The number of fused-ring (bicyclic) bond motifs is 1. The summed E-state index contributed by atoms with van der Waals surface area (Å²) in [6, 6.07) is 18.2. The summed E-state index contributed by atoms with van der Waals surface area (Å²) >= 11 is 6.27. The van der Waals surface area contributed by atoms with Crippen LogP contribution in [-0.2, 0) is 13.0 Å². The van der Waals surface area contributed by atoms with Crippen LogP contribution in [0.15, 0.2) is 54.6 Å². The predicted octanol–water partition coefficient (Wildman–Crippen LogP) is 6.38. The lowest BCUT2D eigenvalue weighted by molar-refractivity contribution is 0.301. The van der Waals surface area contributed by atoms with Crippen molar-refractivity contribution in [1.82, 2.24) is 9.55 Å². The second-order valence-corrected chi connectivity index (χ2v) is 8.49. The smallest absolute Gasteiger partial charge is 0.161 e. The number of aryl methyl sites for hydroxylation is 3. The van der Waals surface area contributed by atoms with Crippen molar-refractivity contribution in [3.05, 3.63) is 82.1 Å². The SMILES string of the molecule is COc1ccc(Cc2nc3ccccc3n2CCCOc2cc(C)c(Cl)c(C)c2)cc1OC. The van der Waals surface area contributed by atoms with Crippen LogP contribution in [0, 0.1) is 13.8 Å². The molecule has 0 aliphatic rings. The zero-order valence-electron chi connectivity index (χ0n) is 19.5. The molecular weight excluding hydrogens is 436 g/mol. The maximum Gasteiger partial charge on any atom is 0.161 e. The molecule has 0 atom stereocenters. The molecule has 0 N–H and O–H groups in total. The van der Waals surface area contributed by atoms with E-state index in [0.29, 0.717) is 13.0 Å². The van der Waals surface area contributed by atoms with E-state index in [1.165, 1.54) is 0 Å². The number of aromatic nitrogens is 2. The highest BCUT2D eigenvalue weighted by atomic mass is 35.5. The fourth-order valence-corrected chi connectivity index (χ4v) is 4.19. The minimum Gasteiger partial charge on any atom is -0.494 e. The van der Waals surface area contributed by atoms with Gasteiger partial charge in [-0.2, -0.15) is 0 Å². The first-order chi connectivity index (χ1) is 16.0. The second kappa shape index (κ2) is 10.2. The fraction of sp³-hybridized carbons (Fsp3) is 0.296. The molecule has 172 valence electrons. The number of para-hydroxylation sites is 2. The fourth-order valence-electron chi connectivity index (χ4n) is 4.09. The Hall–Kier alpha value is -3.18. The van der Waals surface area contributed by atoms with Crippen molar-refractivity contribution in [3.8, 4) is 17.2 Å². The topological polar surface area (TPSA) is 45.5 Å². The van der Waals surface area contributed by atoms with Crippen molar-refractivity contribution < 1.29 is 14.2 Å². The summed E-state index contributed by atoms with van der Waals surface area (Å²) < 4.78 is 19.2. The maximum atomic E-state index is 6.27. The lowest BCUT2D eigenvalue weighted by Crippen LogP contribution is -2.09. The minimum atomic E-state index is 0.614. The predicted molar refractivity (Wildman–Crippen MR) is 133 cm³/mol. The van der Waals surface area contributed by atoms with Gasteiger partial charge in [-0.05, 0) is 73.4 Å². The van der Waals surface area contributed by atoms with E-state index in [0.717, 1.165) is 68.8 Å².